The van der Waals surface area contributed by atoms with Crippen molar-refractivity contribution in [3.63, 3.8) is 0 Å². The minimum absolute atomic E-state index is 0.0500. The van der Waals surface area contributed by atoms with Gasteiger partial charge in [-0.05, 0) is 168 Å². The Balaban J connectivity index is 1.71. The molecular weight excluding hydrogens is 1620 g/mol. The number of Topliss-reactive ketones (excluding diaryl/α,β-unsaturated/α-hetero) is 2. The molecule has 0 bridgehead atoms. The number of carbonyl (C=O) groups is 16. The predicted molar refractivity (Wildman–Crippen MR) is 466 cm³/mol. The first-order valence-corrected chi connectivity index (χ1v) is 43.5. The minimum Gasteiger partial charge on any atom is -0.466 e. The molecule has 9 N–H and O–H groups in total. The van der Waals surface area contributed by atoms with Crippen LogP contribution < -0.4 is 47.9 Å². The molecule has 1 fully saturated rings. The van der Waals surface area contributed by atoms with Crippen LogP contribution in [0, 0.1) is 23.2 Å². The van der Waals surface area contributed by atoms with Crippen molar-refractivity contribution < 1.29 is 110 Å². The molecule has 6 unspecified atom stereocenters. The van der Waals surface area contributed by atoms with E-state index in [1.807, 2.05) is 76.2 Å². The number of ketones is 2. The number of unbranched alkanes of at least 4 members (excludes halogenated alkanes) is 1. The van der Waals surface area contributed by atoms with Crippen molar-refractivity contribution in [2.75, 3.05) is 45.3 Å². The summed E-state index contributed by atoms with van der Waals surface area (Å²) in [6.45, 7) is 37.9. The van der Waals surface area contributed by atoms with E-state index in [1.54, 1.807) is 83.1 Å². The summed E-state index contributed by atoms with van der Waals surface area (Å²) in [7, 11) is 0. The van der Waals surface area contributed by atoms with Gasteiger partial charge in [0.25, 0.3) is 0 Å². The summed E-state index contributed by atoms with van der Waals surface area (Å²) in [5.41, 5.74) is 0.716. The van der Waals surface area contributed by atoms with Gasteiger partial charge in [0, 0.05) is 49.6 Å². The van der Waals surface area contributed by atoms with Gasteiger partial charge in [0.2, 0.25) is 52.4 Å². The van der Waals surface area contributed by atoms with Crippen LogP contribution in [-0.4, -0.2) is 222 Å². The van der Waals surface area contributed by atoms with Gasteiger partial charge in [-0.25, -0.2) is 4.79 Å². The van der Waals surface area contributed by atoms with Crippen molar-refractivity contribution in [2.24, 2.45) is 28.2 Å². The lowest BCUT2D eigenvalue weighted by Crippen LogP contribution is -2.64. The molecule has 11 atom stereocenters. The smallest absolute Gasteiger partial charge is 0.407 e. The monoisotopic (exact) mass is 1750 g/mol. The molecule has 0 aliphatic heterocycles. The molecule has 34 heteroatoms. The average molecular weight is 1760 g/mol. The zero-order valence-electron chi connectivity index (χ0n) is 75.7. The summed E-state index contributed by atoms with van der Waals surface area (Å²) in [6, 6.07) is 2.10. The van der Waals surface area contributed by atoms with E-state index in [1.165, 1.54) is 32.9 Å². The van der Waals surface area contributed by atoms with Gasteiger partial charge in [0.1, 0.15) is 91.2 Å². The van der Waals surface area contributed by atoms with Crippen LogP contribution in [0.15, 0.2) is 78.8 Å². The summed E-state index contributed by atoms with van der Waals surface area (Å²) in [5, 5.41) is 22.8. The normalized spacial score (nSPS) is 16.1. The van der Waals surface area contributed by atoms with Crippen LogP contribution in [0.4, 0.5) is 4.79 Å². The predicted octanol–water partition coefficient (Wildman–Crippen LogP) is 8.07. The van der Waals surface area contributed by atoms with E-state index < -0.39 is 216 Å². The van der Waals surface area contributed by atoms with Crippen molar-refractivity contribution in [3.8, 4) is 11.1 Å². The number of nitrogens with zero attached hydrogens (tertiary/aromatic N) is 1. The van der Waals surface area contributed by atoms with E-state index in [4.69, 9.17) is 38.2 Å². The van der Waals surface area contributed by atoms with Crippen molar-refractivity contribution in [1.82, 2.24) is 47.9 Å². The third-order valence-electron chi connectivity index (χ3n) is 19.8. The fourth-order valence-electron chi connectivity index (χ4n) is 14.0. The lowest BCUT2D eigenvalue weighted by molar-refractivity contribution is -0.157. The van der Waals surface area contributed by atoms with Crippen LogP contribution in [0.25, 0.3) is 11.1 Å². The molecule has 2 aromatic carbocycles. The van der Waals surface area contributed by atoms with Gasteiger partial charge >= 0.3 is 30.0 Å². The second-order valence-electron chi connectivity index (χ2n) is 35.3. The maximum Gasteiger partial charge on any atom is 0.407 e. The molecular formula is C90H134N10O23S. The Labute approximate surface area is 733 Å². The number of ether oxygens (including phenoxy) is 7. The summed E-state index contributed by atoms with van der Waals surface area (Å²) in [4.78, 5) is 229. The Morgan fingerprint density at radius 2 is 0.976 bits per heavy atom. The fraction of sp³-hybridized carbons (Fsp3) is 0.633. The Morgan fingerprint density at radius 1 is 0.516 bits per heavy atom. The summed E-state index contributed by atoms with van der Waals surface area (Å²) in [5.74, 6) is -13.9. The number of aliphatic imine (C=N–C) groups is 1. The highest BCUT2D eigenvalue weighted by atomic mass is 32.2. The van der Waals surface area contributed by atoms with Crippen LogP contribution in [0.2, 0.25) is 0 Å². The van der Waals surface area contributed by atoms with E-state index in [2.05, 4.69) is 61.0 Å². The number of hydrogen-bond donors (Lipinski definition) is 9. The van der Waals surface area contributed by atoms with Gasteiger partial charge in [0.05, 0.1) is 49.4 Å². The number of carbonyl (C=O) groups excluding carboxylic acids is 16. The molecule has 33 nitrogen and oxygen atoms in total. The molecule has 9 amide bonds. The maximum absolute atomic E-state index is 15.0. The van der Waals surface area contributed by atoms with Gasteiger partial charge in [-0.3, -0.25) is 76.9 Å². The fourth-order valence-corrected chi connectivity index (χ4v) is 14.6. The van der Waals surface area contributed by atoms with Gasteiger partial charge in [-0.1, -0.05) is 134 Å². The molecule has 2 aliphatic rings. The molecule has 0 heterocycles. The molecule has 0 aromatic heterocycles. The zero-order chi connectivity index (χ0) is 93.1. The Bertz CT molecular complexity index is 4040. The molecule has 1 saturated carbocycles. The third-order valence-corrected chi connectivity index (χ3v) is 20.6. The van der Waals surface area contributed by atoms with E-state index in [0.717, 1.165) is 34.0 Å². The van der Waals surface area contributed by atoms with E-state index in [0.29, 0.717) is 18.6 Å². The lowest BCUT2D eigenvalue weighted by atomic mass is 9.69. The second-order valence-corrected chi connectivity index (χ2v) is 36.5. The average Bonchev–Trinajstić information content (AvgIpc) is 1.65. The van der Waals surface area contributed by atoms with Crippen molar-refractivity contribution in [2.45, 2.75) is 298 Å². The van der Waals surface area contributed by atoms with Crippen LogP contribution in [0.5, 0.6) is 0 Å². The standard InChI is InChI=1S/C90H134N10O23S/c1-22-43-118-69(103)39-37-63(95-80(110)62(36-30-31-42-91-65(46-52(5)6)74-67(101)48-90(20,21)49-68(74)102)97-86(116)120-51-61-59-34-28-26-32-57(59)58-33-27-29-35-60(58)61)79(109)93-54(8)78(108)94-64(38-40-70(104)119-44-23-2)81(111)96-66(47-72(106)123-89(17,18)19)82(112)98-75(53(7)24-3)84(114)100-77(56(10)122-88(14,15)16)85(115)99-76(55(9)121-87(11,12)13)83(113)92-50-73(107)124-45-41-71(105)117-25-4/h22-23,26-29,32-35,52-56,61-64,66,74-77H,1-2,24-25,30-31,36-51H2,3-21H3,(H,92,113)(H,93,109)(H,94,108)(H,95,110)(H,96,111)(H,97,116)(H,98,112)(H,99,115)(H,100,114)/t53-,54+,55-,56?,62?,63?,64?,66+,75?,76?,77+/m1/s1. The van der Waals surface area contributed by atoms with Crippen molar-refractivity contribution in [1.29, 1.82) is 0 Å². The Morgan fingerprint density at radius 3 is 1.47 bits per heavy atom. The summed E-state index contributed by atoms with van der Waals surface area (Å²) < 4.78 is 39.2. The molecule has 2 aromatic rings. The molecule has 688 valence electrons. The Kier molecular flexibility index (Phi) is 43.4. The maximum atomic E-state index is 15.0. The number of alkyl carbamates (subject to hydrolysis) is 1. The number of esters is 4. The highest BCUT2D eigenvalue weighted by Crippen LogP contribution is 2.45. The van der Waals surface area contributed by atoms with Gasteiger partial charge < -0.3 is 81.0 Å². The number of nitrogens with one attached hydrogen (secondary N) is 9. The van der Waals surface area contributed by atoms with Crippen LogP contribution >= 0.6 is 11.8 Å². The van der Waals surface area contributed by atoms with E-state index >= 15 is 9.59 Å². The van der Waals surface area contributed by atoms with Crippen LogP contribution in [0.3, 0.4) is 0 Å². The second kappa shape index (κ2) is 50.7. The number of benzene rings is 2. The minimum atomic E-state index is -1.95. The number of amides is 9. The van der Waals surface area contributed by atoms with Gasteiger partial charge in [0.15, 0.2) is 0 Å². The zero-order valence-corrected chi connectivity index (χ0v) is 76.5. The quantitative estimate of drug-likeness (QED) is 0.00754. The number of fused-ring (bicyclic) bond motifs is 3. The van der Waals surface area contributed by atoms with Crippen molar-refractivity contribution >= 4 is 111 Å². The largest absolute Gasteiger partial charge is 0.466 e. The molecule has 0 spiro atoms. The third kappa shape index (κ3) is 37.3. The SMILES string of the molecule is C=CCOC(=O)CCC(NC(=O)C(CCCCN=C(CC(C)C)C1C(=O)CC(C)(C)CC1=O)NC(=O)OCC1c2ccccc2-c2ccccc21)C(=O)N[C@@H](C)C(=O)NC(CCC(=O)OCC=C)C(=O)N[C@@H](CC(=O)OC(C)(C)C)C(=O)NC(C(=O)N[C@H](C(=O)NC(C(=O)NCC(=O)SCCC(=O)OCC)[C@@H](C)OC(C)(C)C)C(C)OC(C)(C)C)[C@H](C)CC. The highest BCUT2D eigenvalue weighted by Gasteiger charge is 2.44. The van der Waals surface area contributed by atoms with Gasteiger partial charge in [-0.15, -0.1) is 0 Å². The first-order chi connectivity index (χ1) is 58.0. The number of hydrogen-bond acceptors (Lipinski definition) is 25. The topological polar surface area (TPSA) is 458 Å². The van der Waals surface area contributed by atoms with Crippen LogP contribution in [-0.2, 0) is 105 Å². The molecule has 0 radical (unpaired) electrons. The van der Waals surface area contributed by atoms with E-state index in [-0.39, 0.29) is 101 Å². The lowest BCUT2D eigenvalue weighted by Gasteiger charge is -2.35. The van der Waals surface area contributed by atoms with Crippen LogP contribution in [0.1, 0.15) is 232 Å². The number of rotatable bonds is 50. The Hall–Kier alpha value is -10.2. The van der Waals surface area contributed by atoms with E-state index in [9.17, 15) is 67.1 Å². The first kappa shape index (κ1) is 106. The molecule has 2 aliphatic carbocycles. The number of thioether (sulfide) groups is 1. The summed E-state index contributed by atoms with van der Waals surface area (Å²) >= 11 is 0.785. The van der Waals surface area contributed by atoms with Gasteiger partial charge in [-0.2, -0.15) is 0 Å². The first-order valence-electron chi connectivity index (χ1n) is 42.5. The van der Waals surface area contributed by atoms with Crippen molar-refractivity contribution in [3.05, 3.63) is 85.0 Å². The highest BCUT2D eigenvalue weighted by molar-refractivity contribution is 8.13. The molecule has 4 rings (SSSR count). The molecule has 124 heavy (non-hydrogen) atoms. The summed E-state index contributed by atoms with van der Waals surface area (Å²) in [6.07, 6.45) is -2.31. The molecule has 0 saturated heterocycles.